The van der Waals surface area contributed by atoms with Crippen molar-refractivity contribution in [1.29, 1.82) is 0 Å². The molecule has 7 nitrogen and oxygen atoms in total. The van der Waals surface area contributed by atoms with E-state index in [4.69, 9.17) is 0 Å². The van der Waals surface area contributed by atoms with Gasteiger partial charge in [0.05, 0.1) is 0 Å². The van der Waals surface area contributed by atoms with Gasteiger partial charge in [-0.2, -0.15) is 10.2 Å². The molecule has 0 saturated carbocycles. The molecular formula is C18H20N6O. The predicted molar refractivity (Wildman–Crippen MR) is 92.9 cm³/mol. The van der Waals surface area contributed by atoms with Crippen molar-refractivity contribution in [3.05, 3.63) is 54.1 Å². The molecule has 1 aromatic carbocycles. The highest BCUT2D eigenvalue weighted by Crippen LogP contribution is 2.26. The van der Waals surface area contributed by atoms with Gasteiger partial charge < -0.3 is 4.90 Å². The van der Waals surface area contributed by atoms with Crippen LogP contribution < -0.4 is 0 Å². The highest BCUT2D eigenvalue weighted by molar-refractivity contribution is 5.92. The molecule has 0 unspecified atom stereocenters. The van der Waals surface area contributed by atoms with Crippen LogP contribution in [0.25, 0.3) is 11.4 Å². The Kier molecular flexibility index (Phi) is 4.05. The van der Waals surface area contributed by atoms with Crippen LogP contribution in [-0.2, 0) is 7.05 Å². The predicted octanol–water partition coefficient (Wildman–Crippen LogP) is 2.23. The molecule has 128 valence electrons. The lowest BCUT2D eigenvalue weighted by Crippen LogP contribution is -2.40. The highest BCUT2D eigenvalue weighted by Gasteiger charge is 2.28. The standard InChI is InChI=1S/C18H20N6O/c1-23-15(9-10-19-23)18(25)24-11-5-8-14(12-24)17-20-16(21-22-17)13-6-3-2-4-7-13/h2-4,6-7,9-10,14H,5,8,11-12H2,1H3,(H,20,21,22)/t14-/m0/s1. The first-order valence-corrected chi connectivity index (χ1v) is 8.47. The number of nitrogens with one attached hydrogen (secondary N) is 1. The molecule has 7 heteroatoms. The third-order valence-corrected chi connectivity index (χ3v) is 4.67. The highest BCUT2D eigenvalue weighted by atomic mass is 16.2. The third kappa shape index (κ3) is 3.05. The molecule has 0 bridgehead atoms. The van der Waals surface area contributed by atoms with E-state index in [1.54, 1.807) is 24.0 Å². The van der Waals surface area contributed by atoms with Crippen LogP contribution in [0.4, 0.5) is 0 Å². The van der Waals surface area contributed by atoms with Crippen molar-refractivity contribution in [2.24, 2.45) is 7.05 Å². The Labute approximate surface area is 145 Å². The fraction of sp³-hybridized carbons (Fsp3) is 0.333. The summed E-state index contributed by atoms with van der Waals surface area (Å²) < 4.78 is 1.62. The fourth-order valence-electron chi connectivity index (χ4n) is 3.30. The van der Waals surface area contributed by atoms with Gasteiger partial charge in [0.1, 0.15) is 11.5 Å². The van der Waals surface area contributed by atoms with Crippen LogP contribution in [0.15, 0.2) is 42.6 Å². The number of hydrogen-bond acceptors (Lipinski definition) is 4. The van der Waals surface area contributed by atoms with Gasteiger partial charge in [0.25, 0.3) is 5.91 Å². The molecule has 0 radical (unpaired) electrons. The molecule has 1 atom stereocenters. The molecule has 3 heterocycles. The van der Waals surface area contributed by atoms with E-state index in [0.29, 0.717) is 18.1 Å². The van der Waals surface area contributed by atoms with Gasteiger partial charge in [0.15, 0.2) is 5.82 Å². The molecular weight excluding hydrogens is 316 g/mol. The van der Waals surface area contributed by atoms with E-state index < -0.39 is 0 Å². The normalized spacial score (nSPS) is 17.6. The second-order valence-electron chi connectivity index (χ2n) is 6.34. The Morgan fingerprint density at radius 2 is 2.08 bits per heavy atom. The number of nitrogens with zero attached hydrogens (tertiary/aromatic N) is 5. The number of aromatic amines is 1. The lowest BCUT2D eigenvalue weighted by Gasteiger charge is -2.31. The Bertz CT molecular complexity index is 869. The number of hydrogen-bond donors (Lipinski definition) is 1. The minimum Gasteiger partial charge on any atom is -0.337 e. The zero-order valence-corrected chi connectivity index (χ0v) is 14.1. The van der Waals surface area contributed by atoms with Crippen molar-refractivity contribution in [2.45, 2.75) is 18.8 Å². The fourth-order valence-corrected chi connectivity index (χ4v) is 3.30. The summed E-state index contributed by atoms with van der Waals surface area (Å²) in [6, 6.07) is 11.7. The average molecular weight is 336 g/mol. The first-order valence-electron chi connectivity index (χ1n) is 8.47. The van der Waals surface area contributed by atoms with Crippen molar-refractivity contribution >= 4 is 5.91 Å². The first-order chi connectivity index (χ1) is 12.2. The summed E-state index contributed by atoms with van der Waals surface area (Å²) in [6.45, 7) is 1.41. The number of amides is 1. The minimum absolute atomic E-state index is 0.0208. The Hall–Kier alpha value is -2.96. The first kappa shape index (κ1) is 15.6. The number of benzene rings is 1. The van der Waals surface area contributed by atoms with E-state index in [0.717, 1.165) is 30.8 Å². The number of piperidine rings is 1. The van der Waals surface area contributed by atoms with Crippen molar-refractivity contribution < 1.29 is 4.79 Å². The van der Waals surface area contributed by atoms with Crippen LogP contribution in [0.3, 0.4) is 0 Å². The third-order valence-electron chi connectivity index (χ3n) is 4.67. The Morgan fingerprint density at radius 3 is 2.84 bits per heavy atom. The number of rotatable bonds is 3. The van der Waals surface area contributed by atoms with Gasteiger partial charge >= 0.3 is 0 Å². The molecule has 2 aromatic heterocycles. The molecule has 1 aliphatic heterocycles. The number of aromatic nitrogens is 5. The summed E-state index contributed by atoms with van der Waals surface area (Å²) >= 11 is 0. The zero-order chi connectivity index (χ0) is 17.2. The maximum Gasteiger partial charge on any atom is 0.272 e. The van der Waals surface area contributed by atoms with Crippen molar-refractivity contribution in [3.8, 4) is 11.4 Å². The summed E-state index contributed by atoms with van der Waals surface area (Å²) in [6.07, 6.45) is 3.60. The van der Waals surface area contributed by atoms with Gasteiger partial charge in [-0.15, -0.1) is 0 Å². The molecule has 1 aliphatic rings. The van der Waals surface area contributed by atoms with Gasteiger partial charge in [0, 0.05) is 37.8 Å². The molecule has 1 saturated heterocycles. The molecule has 3 aromatic rings. The molecule has 1 amide bonds. The number of H-pyrrole nitrogens is 1. The SMILES string of the molecule is Cn1nccc1C(=O)N1CCC[C@H](c2nc(-c3ccccc3)n[nH]2)C1. The molecule has 0 spiro atoms. The minimum atomic E-state index is 0.0208. The zero-order valence-electron chi connectivity index (χ0n) is 14.1. The van der Waals surface area contributed by atoms with Crippen LogP contribution in [-0.4, -0.2) is 48.9 Å². The molecule has 1 N–H and O–H groups in total. The van der Waals surface area contributed by atoms with E-state index in [1.807, 2.05) is 35.2 Å². The van der Waals surface area contributed by atoms with Gasteiger partial charge in [-0.3, -0.25) is 14.6 Å². The maximum absolute atomic E-state index is 12.7. The summed E-state index contributed by atoms with van der Waals surface area (Å²) in [7, 11) is 1.79. The lowest BCUT2D eigenvalue weighted by atomic mass is 9.97. The number of aryl methyl sites for hydroxylation is 1. The number of likely N-dealkylation sites (tertiary alicyclic amines) is 1. The van der Waals surface area contributed by atoms with Crippen LogP contribution in [0, 0.1) is 0 Å². The summed E-state index contributed by atoms with van der Waals surface area (Å²) in [5.74, 6) is 1.75. The quantitative estimate of drug-likeness (QED) is 0.795. The molecule has 25 heavy (non-hydrogen) atoms. The van der Waals surface area contributed by atoms with Gasteiger partial charge in [-0.25, -0.2) is 4.98 Å². The smallest absolute Gasteiger partial charge is 0.272 e. The molecule has 4 rings (SSSR count). The monoisotopic (exact) mass is 336 g/mol. The van der Waals surface area contributed by atoms with E-state index in [2.05, 4.69) is 20.3 Å². The van der Waals surface area contributed by atoms with E-state index in [9.17, 15) is 4.79 Å². The Balaban J connectivity index is 1.51. The van der Waals surface area contributed by atoms with Crippen LogP contribution in [0.1, 0.15) is 35.1 Å². The average Bonchev–Trinajstić information content (AvgIpc) is 3.31. The summed E-state index contributed by atoms with van der Waals surface area (Å²) in [5.41, 5.74) is 1.60. The number of carbonyl (C=O) groups excluding carboxylic acids is 1. The van der Waals surface area contributed by atoms with Crippen molar-refractivity contribution in [2.75, 3.05) is 13.1 Å². The second-order valence-corrected chi connectivity index (χ2v) is 6.34. The van der Waals surface area contributed by atoms with Crippen molar-refractivity contribution in [1.82, 2.24) is 29.9 Å². The summed E-state index contributed by atoms with van der Waals surface area (Å²) in [5, 5.41) is 11.5. The van der Waals surface area contributed by atoms with Crippen molar-refractivity contribution in [3.63, 3.8) is 0 Å². The lowest BCUT2D eigenvalue weighted by molar-refractivity contribution is 0.0693. The molecule has 0 aliphatic carbocycles. The largest absolute Gasteiger partial charge is 0.337 e. The van der Waals surface area contributed by atoms with E-state index in [1.165, 1.54) is 0 Å². The number of carbonyl (C=O) groups is 1. The van der Waals surface area contributed by atoms with Gasteiger partial charge in [-0.05, 0) is 18.9 Å². The Morgan fingerprint density at radius 1 is 1.24 bits per heavy atom. The van der Waals surface area contributed by atoms with E-state index >= 15 is 0 Å². The molecule has 1 fully saturated rings. The van der Waals surface area contributed by atoms with E-state index in [-0.39, 0.29) is 11.8 Å². The van der Waals surface area contributed by atoms with Crippen LogP contribution in [0.5, 0.6) is 0 Å². The topological polar surface area (TPSA) is 79.7 Å². The van der Waals surface area contributed by atoms with Gasteiger partial charge in [0.2, 0.25) is 0 Å². The van der Waals surface area contributed by atoms with Gasteiger partial charge in [-0.1, -0.05) is 30.3 Å². The van der Waals surface area contributed by atoms with Crippen LogP contribution >= 0.6 is 0 Å². The second kappa shape index (κ2) is 6.51. The summed E-state index contributed by atoms with van der Waals surface area (Å²) in [4.78, 5) is 19.2. The van der Waals surface area contributed by atoms with Crippen LogP contribution in [0.2, 0.25) is 0 Å². The maximum atomic E-state index is 12.7.